The van der Waals surface area contributed by atoms with Crippen molar-refractivity contribution in [3.05, 3.63) is 65.2 Å². The number of hydrogen-bond acceptors (Lipinski definition) is 5. The number of amides is 1. The molecule has 8 heteroatoms. The normalized spacial score (nSPS) is 18.6. The fourth-order valence-electron chi connectivity index (χ4n) is 4.63. The maximum Gasteiger partial charge on any atom is 0.243 e. The van der Waals surface area contributed by atoms with Crippen molar-refractivity contribution in [2.45, 2.75) is 50.1 Å². The van der Waals surface area contributed by atoms with Crippen LogP contribution in [0.4, 0.5) is 0 Å². The van der Waals surface area contributed by atoms with Crippen LogP contribution in [0.3, 0.4) is 0 Å². The molecule has 34 heavy (non-hydrogen) atoms. The molecule has 0 unspecified atom stereocenters. The van der Waals surface area contributed by atoms with Crippen LogP contribution < -0.4 is 5.32 Å². The smallest absolute Gasteiger partial charge is 0.243 e. The highest BCUT2D eigenvalue weighted by molar-refractivity contribution is 7.89. The number of sulfonamides is 1. The van der Waals surface area contributed by atoms with E-state index in [4.69, 9.17) is 4.74 Å². The number of morpholine rings is 1. The van der Waals surface area contributed by atoms with E-state index < -0.39 is 10.0 Å². The zero-order valence-corrected chi connectivity index (χ0v) is 20.7. The van der Waals surface area contributed by atoms with E-state index in [0.717, 1.165) is 38.0 Å². The second-order valence-electron chi connectivity index (χ2n) is 9.27. The molecule has 0 radical (unpaired) electrons. The molecule has 1 amide bonds. The molecule has 1 N–H and O–H groups in total. The van der Waals surface area contributed by atoms with Crippen molar-refractivity contribution in [1.82, 2.24) is 14.5 Å². The van der Waals surface area contributed by atoms with Crippen LogP contribution in [0.25, 0.3) is 0 Å². The van der Waals surface area contributed by atoms with E-state index in [0.29, 0.717) is 44.0 Å². The van der Waals surface area contributed by atoms with Gasteiger partial charge < -0.3 is 10.1 Å². The number of nitrogens with zero attached hydrogens (tertiary/aromatic N) is 2. The van der Waals surface area contributed by atoms with Gasteiger partial charge in [0.15, 0.2) is 0 Å². The van der Waals surface area contributed by atoms with Crippen LogP contribution in [-0.4, -0.2) is 69.0 Å². The molecule has 0 spiro atoms. The summed E-state index contributed by atoms with van der Waals surface area (Å²) in [5.41, 5.74) is 3.59. The number of benzene rings is 2. The molecule has 2 heterocycles. The van der Waals surface area contributed by atoms with Gasteiger partial charge in [-0.1, -0.05) is 42.0 Å². The highest BCUT2D eigenvalue weighted by Gasteiger charge is 2.26. The molecule has 0 aromatic heterocycles. The summed E-state index contributed by atoms with van der Waals surface area (Å²) in [6.07, 6.45) is 2.92. The number of nitrogens with one attached hydrogen (secondary N) is 1. The van der Waals surface area contributed by atoms with Crippen molar-refractivity contribution in [2.24, 2.45) is 0 Å². The van der Waals surface area contributed by atoms with Crippen LogP contribution in [0.15, 0.2) is 53.4 Å². The molecule has 7 nitrogen and oxygen atoms in total. The summed E-state index contributed by atoms with van der Waals surface area (Å²) in [4.78, 5) is 15.2. The van der Waals surface area contributed by atoms with Crippen molar-refractivity contribution in [1.29, 1.82) is 0 Å². The van der Waals surface area contributed by atoms with Crippen LogP contribution in [-0.2, 0) is 32.5 Å². The molecule has 184 valence electrons. The summed E-state index contributed by atoms with van der Waals surface area (Å²) in [6, 6.07) is 15.8. The molecule has 0 saturated carbocycles. The van der Waals surface area contributed by atoms with Crippen molar-refractivity contribution in [2.75, 3.05) is 39.4 Å². The Morgan fingerprint density at radius 1 is 1.00 bits per heavy atom. The van der Waals surface area contributed by atoms with E-state index in [2.05, 4.69) is 41.4 Å². The number of hydrogen-bond donors (Lipinski definition) is 1. The summed E-state index contributed by atoms with van der Waals surface area (Å²) < 4.78 is 32.2. The first-order valence-electron chi connectivity index (χ1n) is 12.1. The SMILES string of the molecule is Cc1cccc(CN2CCC(NC(=O)CCc3ccc(S(=O)(=O)N4CCOCC4)cc3)CC2)c1. The van der Waals surface area contributed by atoms with Crippen molar-refractivity contribution in [3.63, 3.8) is 0 Å². The molecule has 2 aliphatic heterocycles. The Morgan fingerprint density at radius 3 is 2.38 bits per heavy atom. The van der Waals surface area contributed by atoms with Crippen molar-refractivity contribution < 1.29 is 17.9 Å². The number of likely N-dealkylation sites (tertiary alicyclic amines) is 1. The molecule has 2 aliphatic rings. The first-order chi connectivity index (χ1) is 16.4. The molecule has 2 fully saturated rings. The molecule has 0 atom stereocenters. The Labute approximate surface area is 203 Å². The molecular formula is C26H35N3O4S. The Kier molecular flexibility index (Phi) is 8.37. The molecule has 0 aliphatic carbocycles. The Bertz CT molecular complexity index is 1060. The number of aryl methyl sites for hydroxylation is 2. The topological polar surface area (TPSA) is 79.0 Å². The minimum Gasteiger partial charge on any atom is -0.379 e. The second kappa shape index (κ2) is 11.4. The highest BCUT2D eigenvalue weighted by atomic mass is 32.2. The van der Waals surface area contributed by atoms with Gasteiger partial charge in [-0.3, -0.25) is 9.69 Å². The average molecular weight is 486 g/mol. The molecule has 2 aromatic carbocycles. The van der Waals surface area contributed by atoms with Gasteiger partial charge in [0, 0.05) is 45.2 Å². The van der Waals surface area contributed by atoms with E-state index in [1.807, 2.05) is 12.1 Å². The van der Waals surface area contributed by atoms with E-state index in [-0.39, 0.29) is 11.9 Å². The first kappa shape index (κ1) is 24.9. The largest absolute Gasteiger partial charge is 0.379 e. The van der Waals surface area contributed by atoms with Gasteiger partial charge in [-0.05, 0) is 49.4 Å². The second-order valence-corrected chi connectivity index (χ2v) is 11.2. The van der Waals surface area contributed by atoms with Gasteiger partial charge in [0.2, 0.25) is 15.9 Å². The van der Waals surface area contributed by atoms with Crippen molar-refractivity contribution >= 4 is 15.9 Å². The van der Waals surface area contributed by atoms with Gasteiger partial charge in [0.1, 0.15) is 0 Å². The Hall–Kier alpha value is -2.26. The zero-order valence-electron chi connectivity index (χ0n) is 19.9. The van der Waals surface area contributed by atoms with Gasteiger partial charge in [-0.25, -0.2) is 8.42 Å². The lowest BCUT2D eigenvalue weighted by Gasteiger charge is -2.32. The number of carbonyl (C=O) groups excluding carboxylic acids is 1. The van der Waals surface area contributed by atoms with Crippen LogP contribution in [0, 0.1) is 6.92 Å². The van der Waals surface area contributed by atoms with Crippen LogP contribution in [0.1, 0.15) is 36.0 Å². The fraction of sp³-hybridized carbons (Fsp3) is 0.500. The monoisotopic (exact) mass is 485 g/mol. The lowest BCUT2D eigenvalue weighted by Crippen LogP contribution is -2.44. The lowest BCUT2D eigenvalue weighted by molar-refractivity contribution is -0.122. The standard InChI is InChI=1S/C26H35N3O4S/c1-21-3-2-4-23(19-21)20-28-13-11-24(12-14-28)27-26(30)10-7-22-5-8-25(9-6-22)34(31,32)29-15-17-33-18-16-29/h2-6,8-9,19,24H,7,10-18,20H2,1H3,(H,27,30). The molecule has 2 saturated heterocycles. The van der Waals surface area contributed by atoms with Gasteiger partial charge in [0.05, 0.1) is 18.1 Å². The third-order valence-corrected chi connectivity index (χ3v) is 8.53. The fourth-order valence-corrected chi connectivity index (χ4v) is 6.03. The lowest BCUT2D eigenvalue weighted by atomic mass is 10.0. The van der Waals surface area contributed by atoms with Crippen molar-refractivity contribution in [3.8, 4) is 0 Å². The van der Waals surface area contributed by atoms with E-state index in [9.17, 15) is 13.2 Å². The summed E-state index contributed by atoms with van der Waals surface area (Å²) in [7, 11) is -3.49. The third-order valence-electron chi connectivity index (χ3n) is 6.61. The minimum atomic E-state index is -3.49. The highest BCUT2D eigenvalue weighted by Crippen LogP contribution is 2.19. The first-order valence-corrected chi connectivity index (χ1v) is 13.6. The number of piperidine rings is 1. The summed E-state index contributed by atoms with van der Waals surface area (Å²) in [5, 5.41) is 3.18. The van der Waals surface area contributed by atoms with Crippen LogP contribution in [0.2, 0.25) is 0 Å². The number of rotatable bonds is 8. The van der Waals surface area contributed by atoms with Gasteiger partial charge in [0.25, 0.3) is 0 Å². The Morgan fingerprint density at radius 2 is 1.71 bits per heavy atom. The maximum absolute atomic E-state index is 12.7. The number of carbonyl (C=O) groups is 1. The molecule has 4 rings (SSSR count). The summed E-state index contributed by atoms with van der Waals surface area (Å²) in [5.74, 6) is 0.0575. The van der Waals surface area contributed by atoms with Gasteiger partial charge >= 0.3 is 0 Å². The molecule has 0 bridgehead atoms. The quantitative estimate of drug-likeness (QED) is 0.622. The van der Waals surface area contributed by atoms with E-state index >= 15 is 0 Å². The third kappa shape index (κ3) is 6.66. The average Bonchev–Trinajstić information content (AvgIpc) is 2.85. The van der Waals surface area contributed by atoms with E-state index in [1.54, 1.807) is 12.1 Å². The Balaban J connectivity index is 1.19. The number of ether oxygens (including phenoxy) is 1. The van der Waals surface area contributed by atoms with Gasteiger partial charge in [-0.2, -0.15) is 4.31 Å². The van der Waals surface area contributed by atoms with Gasteiger partial charge in [-0.15, -0.1) is 0 Å². The predicted molar refractivity (Wildman–Crippen MR) is 132 cm³/mol. The van der Waals surface area contributed by atoms with Crippen LogP contribution >= 0.6 is 0 Å². The maximum atomic E-state index is 12.7. The summed E-state index contributed by atoms with van der Waals surface area (Å²) in [6.45, 7) is 6.67. The zero-order chi connectivity index (χ0) is 24.0. The predicted octanol–water partition coefficient (Wildman–Crippen LogP) is 2.73. The van der Waals surface area contributed by atoms with Crippen LogP contribution in [0.5, 0.6) is 0 Å². The summed E-state index contributed by atoms with van der Waals surface area (Å²) >= 11 is 0. The molecular weight excluding hydrogens is 450 g/mol. The minimum absolute atomic E-state index is 0.0575. The molecule has 2 aromatic rings. The van der Waals surface area contributed by atoms with E-state index in [1.165, 1.54) is 15.4 Å².